The predicted octanol–water partition coefficient (Wildman–Crippen LogP) is 1.10. The van der Waals surface area contributed by atoms with E-state index in [9.17, 15) is 14.4 Å². The van der Waals surface area contributed by atoms with Gasteiger partial charge < -0.3 is 4.74 Å². The maximum absolute atomic E-state index is 13.2. The normalized spacial score (nSPS) is 67.1. The molecule has 4 heteroatoms. The van der Waals surface area contributed by atoms with Gasteiger partial charge in [-0.3, -0.25) is 14.4 Å². The Morgan fingerprint density at radius 2 is 1.26 bits per heavy atom. The van der Waals surface area contributed by atoms with Gasteiger partial charge in [-0.05, 0) is 47.3 Å². The third-order valence-corrected chi connectivity index (χ3v) is 8.92. The molecule has 0 N–H and O–H groups in total. The molecule has 0 aromatic rings. The lowest BCUT2D eigenvalue weighted by atomic mass is 9.78. The smallest absolute Gasteiger partial charge is 0.302 e. The lowest BCUT2D eigenvalue weighted by Gasteiger charge is -2.28. The molecule has 0 spiro atoms. The number of fused-ring (bicyclic) bond motifs is 2. The van der Waals surface area contributed by atoms with E-state index in [0.717, 1.165) is 0 Å². The topological polar surface area (TPSA) is 60.4 Å². The summed E-state index contributed by atoms with van der Waals surface area (Å²) < 4.78 is 5.61. The zero-order valence-electron chi connectivity index (χ0n) is 12.8. The summed E-state index contributed by atoms with van der Waals surface area (Å²) in [5.41, 5.74) is 0. The van der Waals surface area contributed by atoms with Gasteiger partial charge in [0, 0.05) is 18.8 Å². The average molecular weight is 310 g/mol. The molecule has 6 saturated carbocycles. The Morgan fingerprint density at radius 3 is 1.74 bits per heavy atom. The number of rotatable bonds is 1. The first-order valence-corrected chi connectivity index (χ1v) is 9.04. The Balaban J connectivity index is 1.50. The minimum Gasteiger partial charge on any atom is -0.461 e. The van der Waals surface area contributed by atoms with Crippen LogP contribution in [0.4, 0.5) is 0 Å². The molecule has 118 valence electrons. The SMILES string of the molecule is CC(=O)OC1[C@@H]2C(=O)[C@@H]3[C@H]4C5C6[C@@H](C=C[C@@H]63)[C@H]3C(=O)[C@@H]1[C@@H]([C@H]53)[C@H]42. The molecule has 0 bridgehead atoms. The van der Waals surface area contributed by atoms with Gasteiger partial charge in [-0.15, -0.1) is 0 Å². The van der Waals surface area contributed by atoms with E-state index in [-0.39, 0.29) is 29.6 Å². The summed E-state index contributed by atoms with van der Waals surface area (Å²) in [5, 5.41) is 0. The fraction of sp³-hybridized carbons (Fsp3) is 0.737. The number of ether oxygens (including phenoxy) is 1. The number of Topliss-reactive ketones (excluding diaryl/α,β-unsaturated/α-hetero) is 2. The molecule has 7 rings (SSSR count). The van der Waals surface area contributed by atoms with Crippen LogP contribution in [0.5, 0.6) is 0 Å². The second-order valence-electron chi connectivity index (χ2n) is 8.99. The molecule has 0 radical (unpaired) electrons. The van der Waals surface area contributed by atoms with Crippen LogP contribution in [0.2, 0.25) is 0 Å². The summed E-state index contributed by atoms with van der Waals surface area (Å²) in [5.74, 6) is 3.70. The van der Waals surface area contributed by atoms with Gasteiger partial charge >= 0.3 is 5.97 Å². The van der Waals surface area contributed by atoms with Gasteiger partial charge in [0.2, 0.25) is 0 Å². The maximum Gasteiger partial charge on any atom is 0.302 e. The van der Waals surface area contributed by atoms with E-state index in [1.165, 1.54) is 6.92 Å². The van der Waals surface area contributed by atoms with E-state index in [2.05, 4.69) is 12.2 Å². The summed E-state index contributed by atoms with van der Waals surface area (Å²) in [6, 6.07) is 0. The Labute approximate surface area is 133 Å². The summed E-state index contributed by atoms with van der Waals surface area (Å²) in [6.45, 7) is 1.40. The van der Waals surface area contributed by atoms with Crippen LogP contribution in [0.15, 0.2) is 12.2 Å². The van der Waals surface area contributed by atoms with Gasteiger partial charge in [-0.25, -0.2) is 0 Å². The maximum atomic E-state index is 13.2. The van der Waals surface area contributed by atoms with E-state index >= 15 is 0 Å². The molecule has 0 aromatic heterocycles. The van der Waals surface area contributed by atoms with Crippen molar-refractivity contribution in [2.24, 2.45) is 71.0 Å². The van der Waals surface area contributed by atoms with Gasteiger partial charge in [0.15, 0.2) is 0 Å². The second-order valence-corrected chi connectivity index (χ2v) is 8.99. The zero-order chi connectivity index (χ0) is 15.4. The first-order valence-electron chi connectivity index (χ1n) is 9.04. The van der Waals surface area contributed by atoms with Crippen LogP contribution in [-0.4, -0.2) is 23.6 Å². The molecule has 0 aliphatic heterocycles. The van der Waals surface area contributed by atoms with E-state index in [4.69, 9.17) is 4.74 Å². The second kappa shape index (κ2) is 3.20. The van der Waals surface area contributed by atoms with Crippen molar-refractivity contribution in [1.29, 1.82) is 0 Å². The molecule has 3 unspecified atom stereocenters. The van der Waals surface area contributed by atoms with Gasteiger partial charge in [-0.2, -0.15) is 0 Å². The molecule has 0 amide bonds. The van der Waals surface area contributed by atoms with E-state index in [1.807, 2.05) is 0 Å². The predicted molar refractivity (Wildman–Crippen MR) is 76.6 cm³/mol. The van der Waals surface area contributed by atoms with Gasteiger partial charge in [0.1, 0.15) is 17.7 Å². The van der Waals surface area contributed by atoms with E-state index in [1.54, 1.807) is 0 Å². The Bertz CT molecular complexity index is 700. The van der Waals surface area contributed by atoms with Crippen molar-refractivity contribution in [3.63, 3.8) is 0 Å². The quantitative estimate of drug-likeness (QED) is 0.537. The summed E-state index contributed by atoms with van der Waals surface area (Å²) in [4.78, 5) is 38.1. The Morgan fingerprint density at radius 1 is 0.783 bits per heavy atom. The molecule has 6 fully saturated rings. The van der Waals surface area contributed by atoms with Crippen LogP contribution < -0.4 is 0 Å². The third kappa shape index (κ3) is 0.923. The van der Waals surface area contributed by atoms with Gasteiger partial charge in [0.25, 0.3) is 0 Å². The molecule has 0 heterocycles. The molecular formula is C19H18O4. The lowest BCUT2D eigenvalue weighted by Crippen LogP contribution is -2.39. The lowest BCUT2D eigenvalue weighted by molar-refractivity contribution is -0.154. The highest BCUT2D eigenvalue weighted by molar-refractivity contribution is 5.96. The Hall–Kier alpha value is -1.45. The zero-order valence-corrected chi connectivity index (χ0v) is 12.8. The van der Waals surface area contributed by atoms with Crippen molar-refractivity contribution in [2.75, 3.05) is 0 Å². The number of ketones is 2. The number of carbonyl (C=O) groups is 3. The number of hydrogen-bond acceptors (Lipinski definition) is 4. The van der Waals surface area contributed by atoms with Crippen LogP contribution in [0.3, 0.4) is 0 Å². The van der Waals surface area contributed by atoms with Crippen LogP contribution in [0, 0.1) is 71.0 Å². The van der Waals surface area contributed by atoms with Crippen LogP contribution in [0.25, 0.3) is 0 Å². The highest BCUT2D eigenvalue weighted by Crippen LogP contribution is 2.82. The molecule has 7 aliphatic rings. The molecule has 7 aliphatic carbocycles. The van der Waals surface area contributed by atoms with Crippen molar-refractivity contribution in [1.82, 2.24) is 0 Å². The van der Waals surface area contributed by atoms with Gasteiger partial charge in [0.05, 0.1) is 11.8 Å². The van der Waals surface area contributed by atoms with E-state index in [0.29, 0.717) is 58.9 Å². The largest absolute Gasteiger partial charge is 0.461 e. The van der Waals surface area contributed by atoms with Gasteiger partial charge in [-0.1, -0.05) is 12.2 Å². The molecule has 0 aromatic carbocycles. The monoisotopic (exact) mass is 310 g/mol. The standard InChI is InChI=1S/C19H18O4/c1-4(20)23-19-15-13-11-8(17(15)21)5-2-3-6-7(5)10(11)12-9(6)18(22)16(19)14(12)13/h2-3,5-16,19H,1H3/t5-,6+,7?,8-,9+,10?,11-,12-,13-,14-,15-,16-,19?/m0/s1. The molecule has 4 nitrogen and oxygen atoms in total. The van der Waals surface area contributed by atoms with Crippen molar-refractivity contribution in [3.8, 4) is 0 Å². The summed E-state index contributed by atoms with van der Waals surface area (Å²) in [7, 11) is 0. The first kappa shape index (κ1) is 12.0. The highest BCUT2D eigenvalue weighted by atomic mass is 16.5. The highest BCUT2D eigenvalue weighted by Gasteiger charge is 2.85. The minimum absolute atomic E-state index is 0.155. The fourth-order valence-electron chi connectivity index (χ4n) is 9.13. The van der Waals surface area contributed by atoms with Crippen molar-refractivity contribution < 1.29 is 19.1 Å². The van der Waals surface area contributed by atoms with E-state index < -0.39 is 6.10 Å². The third-order valence-electron chi connectivity index (χ3n) is 8.92. The number of hydrogen-bond donors (Lipinski definition) is 0. The summed E-state index contributed by atoms with van der Waals surface area (Å²) >= 11 is 0. The molecule has 0 saturated heterocycles. The van der Waals surface area contributed by atoms with Crippen LogP contribution >= 0.6 is 0 Å². The number of esters is 1. The fourth-order valence-corrected chi connectivity index (χ4v) is 9.13. The van der Waals surface area contributed by atoms with Crippen molar-refractivity contribution in [2.45, 2.75) is 13.0 Å². The first-order chi connectivity index (χ1) is 11.1. The average Bonchev–Trinajstić information content (AvgIpc) is 3.20. The number of allylic oxidation sites excluding steroid dienone is 2. The molecule has 13 atom stereocenters. The molecule has 23 heavy (non-hydrogen) atoms. The van der Waals surface area contributed by atoms with Crippen molar-refractivity contribution >= 4 is 17.5 Å². The number of carbonyl (C=O) groups excluding carboxylic acids is 3. The minimum atomic E-state index is -0.461. The summed E-state index contributed by atoms with van der Waals surface area (Å²) in [6.07, 6.45) is 4.05. The van der Waals surface area contributed by atoms with Crippen LogP contribution in [-0.2, 0) is 19.1 Å². The molecular weight excluding hydrogens is 292 g/mol. The van der Waals surface area contributed by atoms with Crippen LogP contribution in [0.1, 0.15) is 6.92 Å². The Kier molecular flexibility index (Phi) is 1.67. The van der Waals surface area contributed by atoms with Crippen molar-refractivity contribution in [3.05, 3.63) is 12.2 Å².